The molecule has 116 valence electrons. The summed E-state index contributed by atoms with van der Waals surface area (Å²) in [5.74, 6) is -1.16. The van der Waals surface area contributed by atoms with E-state index >= 15 is 0 Å². The van der Waals surface area contributed by atoms with Crippen molar-refractivity contribution < 1.29 is 19.8 Å². The molecular formula is C13H16Cl2N2O4. The summed E-state index contributed by atoms with van der Waals surface area (Å²) in [6.45, 7) is 2.85. The summed E-state index contributed by atoms with van der Waals surface area (Å²) in [5.41, 5.74) is -0.549. The Hall–Kier alpha value is -1.50. The second-order valence-corrected chi connectivity index (χ2v) is 5.71. The van der Waals surface area contributed by atoms with Crippen molar-refractivity contribution in [3.63, 3.8) is 0 Å². The molecule has 1 unspecified atom stereocenters. The molecule has 1 aromatic rings. The van der Waals surface area contributed by atoms with E-state index in [2.05, 4.69) is 10.6 Å². The zero-order valence-electron chi connectivity index (χ0n) is 11.5. The summed E-state index contributed by atoms with van der Waals surface area (Å²) >= 11 is 12.0. The monoisotopic (exact) mass is 334 g/mol. The molecule has 0 aliphatic rings. The van der Waals surface area contributed by atoms with E-state index in [1.807, 2.05) is 0 Å². The summed E-state index contributed by atoms with van der Waals surface area (Å²) in [6.07, 6.45) is -0.487. The maximum atomic E-state index is 11.8. The van der Waals surface area contributed by atoms with Gasteiger partial charge in [0.25, 0.3) is 0 Å². The molecule has 21 heavy (non-hydrogen) atoms. The number of aliphatic carboxylic acids is 1. The number of hydrogen-bond acceptors (Lipinski definition) is 3. The molecule has 0 aromatic heterocycles. The van der Waals surface area contributed by atoms with Crippen molar-refractivity contribution in [1.29, 1.82) is 0 Å². The van der Waals surface area contributed by atoms with Crippen molar-refractivity contribution in [3.8, 4) is 0 Å². The van der Waals surface area contributed by atoms with Gasteiger partial charge in [0.2, 0.25) is 0 Å². The third-order valence-electron chi connectivity index (χ3n) is 2.68. The van der Waals surface area contributed by atoms with Crippen molar-refractivity contribution in [3.05, 3.63) is 27.7 Å². The van der Waals surface area contributed by atoms with E-state index in [1.54, 1.807) is 19.1 Å². The maximum Gasteiger partial charge on any atom is 0.319 e. The third kappa shape index (κ3) is 5.41. The average Bonchev–Trinajstić information content (AvgIpc) is 2.35. The summed E-state index contributed by atoms with van der Waals surface area (Å²) in [7, 11) is 0. The van der Waals surface area contributed by atoms with Crippen LogP contribution in [-0.4, -0.2) is 34.4 Å². The van der Waals surface area contributed by atoms with Gasteiger partial charge in [-0.25, -0.2) is 4.79 Å². The molecule has 0 aliphatic carbocycles. The Balaban J connectivity index is 2.67. The molecule has 1 rings (SSSR count). The Morgan fingerprint density at radius 1 is 1.33 bits per heavy atom. The molecule has 4 N–H and O–H groups in total. The molecule has 6 nitrogen and oxygen atoms in total. The third-order valence-corrected chi connectivity index (χ3v) is 3.49. The van der Waals surface area contributed by atoms with Crippen LogP contribution in [-0.2, 0) is 4.79 Å². The number of urea groups is 1. The maximum absolute atomic E-state index is 11.8. The van der Waals surface area contributed by atoms with E-state index in [0.717, 1.165) is 5.56 Å². The number of halogens is 2. The van der Waals surface area contributed by atoms with Crippen molar-refractivity contribution in [2.24, 2.45) is 0 Å². The van der Waals surface area contributed by atoms with Crippen LogP contribution >= 0.6 is 23.2 Å². The molecule has 8 heteroatoms. The van der Waals surface area contributed by atoms with Crippen LogP contribution in [0.25, 0.3) is 0 Å². The first kappa shape index (κ1) is 17.6. The van der Waals surface area contributed by atoms with Gasteiger partial charge < -0.3 is 20.8 Å². The number of aryl methyl sites for hydroxylation is 1. The number of carboxylic acids is 1. The van der Waals surface area contributed by atoms with Crippen LogP contribution in [0.5, 0.6) is 0 Å². The van der Waals surface area contributed by atoms with Gasteiger partial charge in [0, 0.05) is 6.54 Å². The summed E-state index contributed by atoms with van der Waals surface area (Å²) in [4.78, 5) is 22.3. The van der Waals surface area contributed by atoms with Crippen LogP contribution in [0, 0.1) is 6.92 Å². The predicted octanol–water partition coefficient (Wildman–Crippen LogP) is 2.65. The van der Waals surface area contributed by atoms with Gasteiger partial charge >= 0.3 is 12.0 Å². The number of amides is 2. The highest BCUT2D eigenvalue weighted by Crippen LogP contribution is 2.32. The highest BCUT2D eigenvalue weighted by molar-refractivity contribution is 6.40. The van der Waals surface area contributed by atoms with Gasteiger partial charge in [-0.05, 0) is 25.5 Å². The molecule has 0 radical (unpaired) electrons. The number of nitrogens with one attached hydrogen (secondary N) is 2. The number of benzene rings is 1. The standard InChI is InChI=1S/C13H16Cl2N2O4/c1-7-3-4-8(14)11(10(7)15)17-12(20)16-6-13(2,21)5-9(18)19/h3-4,21H,5-6H2,1-2H3,(H,18,19)(H2,16,17,20). The molecule has 0 aliphatic heterocycles. The highest BCUT2D eigenvalue weighted by Gasteiger charge is 2.25. The van der Waals surface area contributed by atoms with Crippen LogP contribution in [0.1, 0.15) is 18.9 Å². The van der Waals surface area contributed by atoms with Gasteiger partial charge in [0.1, 0.15) is 0 Å². The molecule has 1 aromatic carbocycles. The van der Waals surface area contributed by atoms with Crippen molar-refractivity contribution in [2.45, 2.75) is 25.9 Å². The van der Waals surface area contributed by atoms with Crippen LogP contribution < -0.4 is 10.6 Å². The van der Waals surface area contributed by atoms with E-state index in [4.69, 9.17) is 28.3 Å². The van der Waals surface area contributed by atoms with E-state index in [-0.39, 0.29) is 17.3 Å². The second-order valence-electron chi connectivity index (χ2n) is 4.93. The fourth-order valence-electron chi connectivity index (χ4n) is 1.59. The highest BCUT2D eigenvalue weighted by atomic mass is 35.5. The van der Waals surface area contributed by atoms with Gasteiger partial charge in [-0.15, -0.1) is 0 Å². The van der Waals surface area contributed by atoms with Crippen LogP contribution in [0.4, 0.5) is 10.5 Å². The molecule has 1 atom stereocenters. The molecular weight excluding hydrogens is 319 g/mol. The van der Waals surface area contributed by atoms with Gasteiger partial charge in [0.05, 0.1) is 27.8 Å². The minimum atomic E-state index is -1.55. The molecule has 0 heterocycles. The topological polar surface area (TPSA) is 98.7 Å². The quantitative estimate of drug-likeness (QED) is 0.665. The zero-order valence-corrected chi connectivity index (χ0v) is 13.0. The summed E-state index contributed by atoms with van der Waals surface area (Å²) < 4.78 is 0. The van der Waals surface area contributed by atoms with Gasteiger partial charge in [-0.1, -0.05) is 29.3 Å². The smallest absolute Gasteiger partial charge is 0.319 e. The number of hydrogen-bond donors (Lipinski definition) is 4. The average molecular weight is 335 g/mol. The normalized spacial score (nSPS) is 13.4. The molecule has 0 spiro atoms. The molecule has 0 bridgehead atoms. The number of anilines is 1. The lowest BCUT2D eigenvalue weighted by atomic mass is 10.0. The largest absolute Gasteiger partial charge is 0.481 e. The SMILES string of the molecule is Cc1ccc(Cl)c(NC(=O)NCC(C)(O)CC(=O)O)c1Cl. The lowest BCUT2D eigenvalue weighted by Crippen LogP contribution is -2.43. The Labute approximate surface area is 132 Å². The second kappa shape index (κ2) is 6.98. The zero-order chi connectivity index (χ0) is 16.2. The van der Waals surface area contributed by atoms with E-state index in [0.29, 0.717) is 5.02 Å². The van der Waals surface area contributed by atoms with Crippen molar-refractivity contribution in [2.75, 3.05) is 11.9 Å². The van der Waals surface area contributed by atoms with E-state index in [1.165, 1.54) is 6.92 Å². The Morgan fingerprint density at radius 2 is 1.95 bits per heavy atom. The number of carbonyl (C=O) groups excluding carboxylic acids is 1. The van der Waals surface area contributed by atoms with E-state index in [9.17, 15) is 14.7 Å². The van der Waals surface area contributed by atoms with Crippen molar-refractivity contribution in [1.82, 2.24) is 5.32 Å². The number of aliphatic hydroxyl groups is 1. The Kier molecular flexibility index (Phi) is 5.83. The van der Waals surface area contributed by atoms with Gasteiger partial charge in [0.15, 0.2) is 0 Å². The Morgan fingerprint density at radius 3 is 2.52 bits per heavy atom. The minimum Gasteiger partial charge on any atom is -0.481 e. The summed E-state index contributed by atoms with van der Waals surface area (Å²) in [5, 5.41) is 23.8. The van der Waals surface area contributed by atoms with Crippen LogP contribution in [0.2, 0.25) is 10.0 Å². The summed E-state index contributed by atoms with van der Waals surface area (Å²) in [6, 6.07) is 2.67. The predicted molar refractivity (Wildman–Crippen MR) is 81.1 cm³/mol. The van der Waals surface area contributed by atoms with Gasteiger partial charge in [-0.3, -0.25) is 4.79 Å². The number of rotatable bonds is 5. The van der Waals surface area contributed by atoms with Crippen LogP contribution in [0.15, 0.2) is 12.1 Å². The fourth-order valence-corrected chi connectivity index (χ4v) is 2.05. The minimum absolute atomic E-state index is 0.230. The van der Waals surface area contributed by atoms with Crippen molar-refractivity contribution >= 4 is 40.9 Å². The molecule has 0 saturated carbocycles. The first-order chi connectivity index (χ1) is 9.62. The first-order valence-corrected chi connectivity index (χ1v) is 6.81. The lowest BCUT2D eigenvalue weighted by Gasteiger charge is -2.21. The number of carbonyl (C=O) groups is 2. The van der Waals surface area contributed by atoms with Gasteiger partial charge in [-0.2, -0.15) is 0 Å². The first-order valence-electron chi connectivity index (χ1n) is 6.06. The van der Waals surface area contributed by atoms with E-state index < -0.39 is 24.0 Å². The van der Waals surface area contributed by atoms with Crippen LogP contribution in [0.3, 0.4) is 0 Å². The fraction of sp³-hybridized carbons (Fsp3) is 0.385. The molecule has 0 fully saturated rings. The molecule has 2 amide bonds. The lowest BCUT2D eigenvalue weighted by molar-refractivity contribution is -0.141. The Bertz CT molecular complexity index is 561. The number of carboxylic acid groups (broad SMARTS) is 1. The molecule has 0 saturated heterocycles.